The zero-order valence-electron chi connectivity index (χ0n) is 12.4. The van der Waals surface area contributed by atoms with Gasteiger partial charge in [-0.15, -0.1) is 0 Å². The van der Waals surface area contributed by atoms with Gasteiger partial charge in [0.2, 0.25) is 0 Å². The third-order valence-electron chi connectivity index (χ3n) is 3.36. The fraction of sp³-hybridized carbons (Fsp3) is 0.467. The summed E-state index contributed by atoms with van der Waals surface area (Å²) in [5.41, 5.74) is 4.56. The van der Waals surface area contributed by atoms with Gasteiger partial charge in [-0.25, -0.2) is 0 Å². The molecule has 1 N–H and O–H groups in total. The van der Waals surface area contributed by atoms with Crippen molar-refractivity contribution in [3.8, 4) is 0 Å². The number of hydrogen-bond acceptors (Lipinski definition) is 3. The molecule has 0 amide bonds. The van der Waals surface area contributed by atoms with E-state index in [1.165, 1.54) is 11.1 Å². The Balaban J connectivity index is 2.49. The zero-order valence-corrected chi connectivity index (χ0v) is 14.0. The minimum atomic E-state index is 0.0408. The Hall–Kier alpha value is -1.20. The van der Waals surface area contributed by atoms with Gasteiger partial charge in [0.25, 0.3) is 0 Å². The lowest BCUT2D eigenvalue weighted by atomic mass is 10.0. The molecule has 1 atom stereocenters. The number of nitrogens with one attached hydrogen (secondary N) is 1. The highest BCUT2D eigenvalue weighted by Gasteiger charge is 2.22. The fourth-order valence-electron chi connectivity index (χ4n) is 2.48. The standard InChI is InChI=1S/C15H21BrN4/c1-5-6-20-15(12(16)9-19-20)14(17-4)13-11(3)7-10(2)8-18-13/h7-9,14,17H,5-6H2,1-4H3. The summed E-state index contributed by atoms with van der Waals surface area (Å²) in [6.45, 7) is 7.23. The van der Waals surface area contributed by atoms with Gasteiger partial charge in [-0.05, 0) is 54.4 Å². The van der Waals surface area contributed by atoms with Gasteiger partial charge in [0.1, 0.15) is 0 Å². The first-order valence-electron chi connectivity index (χ1n) is 6.90. The van der Waals surface area contributed by atoms with Crippen LogP contribution >= 0.6 is 15.9 Å². The van der Waals surface area contributed by atoms with E-state index < -0.39 is 0 Å². The van der Waals surface area contributed by atoms with Crippen LogP contribution in [-0.2, 0) is 6.54 Å². The summed E-state index contributed by atoms with van der Waals surface area (Å²) in [4.78, 5) is 4.62. The summed E-state index contributed by atoms with van der Waals surface area (Å²) in [7, 11) is 1.96. The quantitative estimate of drug-likeness (QED) is 0.910. The van der Waals surface area contributed by atoms with Crippen LogP contribution in [0.2, 0.25) is 0 Å². The summed E-state index contributed by atoms with van der Waals surface area (Å²) < 4.78 is 3.07. The van der Waals surface area contributed by atoms with Crippen molar-refractivity contribution in [2.75, 3.05) is 7.05 Å². The normalized spacial score (nSPS) is 12.7. The molecule has 0 saturated heterocycles. The number of hydrogen-bond donors (Lipinski definition) is 1. The van der Waals surface area contributed by atoms with E-state index >= 15 is 0 Å². The topological polar surface area (TPSA) is 42.7 Å². The Morgan fingerprint density at radius 3 is 2.70 bits per heavy atom. The van der Waals surface area contributed by atoms with Crippen molar-refractivity contribution in [1.82, 2.24) is 20.1 Å². The van der Waals surface area contributed by atoms with Gasteiger partial charge in [-0.3, -0.25) is 9.67 Å². The largest absolute Gasteiger partial charge is 0.307 e. The highest BCUT2D eigenvalue weighted by molar-refractivity contribution is 9.10. The predicted octanol–water partition coefficient (Wildman–Crippen LogP) is 3.38. The molecule has 1 unspecified atom stereocenters. The summed E-state index contributed by atoms with van der Waals surface area (Å²) in [6.07, 6.45) is 4.83. The molecule has 4 nitrogen and oxygen atoms in total. The van der Waals surface area contributed by atoms with Crippen LogP contribution in [-0.4, -0.2) is 21.8 Å². The van der Waals surface area contributed by atoms with Crippen LogP contribution in [0.1, 0.15) is 41.9 Å². The van der Waals surface area contributed by atoms with Crippen LogP contribution < -0.4 is 5.32 Å². The molecule has 2 aromatic heterocycles. The van der Waals surface area contributed by atoms with E-state index in [2.05, 4.69) is 58.2 Å². The predicted molar refractivity (Wildman–Crippen MR) is 84.8 cm³/mol. The second kappa shape index (κ2) is 6.50. The summed E-state index contributed by atoms with van der Waals surface area (Å²) >= 11 is 3.61. The van der Waals surface area contributed by atoms with Crippen molar-refractivity contribution in [1.29, 1.82) is 0 Å². The molecule has 0 fully saturated rings. The number of pyridine rings is 1. The number of halogens is 1. The first-order valence-corrected chi connectivity index (χ1v) is 7.69. The van der Waals surface area contributed by atoms with Crippen LogP contribution in [0.3, 0.4) is 0 Å². The molecule has 0 bridgehead atoms. The van der Waals surface area contributed by atoms with E-state index in [4.69, 9.17) is 0 Å². The molecule has 2 heterocycles. The van der Waals surface area contributed by atoms with Gasteiger partial charge >= 0.3 is 0 Å². The lowest BCUT2D eigenvalue weighted by molar-refractivity contribution is 0.527. The Labute approximate surface area is 128 Å². The molecule has 0 aliphatic rings. The van der Waals surface area contributed by atoms with Crippen LogP contribution in [0.4, 0.5) is 0 Å². The maximum Gasteiger partial charge on any atom is 0.0933 e. The Bertz CT molecular complexity index is 592. The van der Waals surface area contributed by atoms with Gasteiger partial charge < -0.3 is 5.32 Å². The number of aromatic nitrogens is 3. The molecule has 0 aromatic carbocycles. The number of rotatable bonds is 5. The SMILES string of the molecule is CCCn1ncc(Br)c1C(NC)c1ncc(C)cc1C. The maximum atomic E-state index is 4.62. The van der Waals surface area contributed by atoms with Crippen molar-refractivity contribution >= 4 is 15.9 Å². The molecule has 0 saturated carbocycles. The first kappa shape index (κ1) is 15.2. The average molecular weight is 337 g/mol. The van der Waals surface area contributed by atoms with Gasteiger partial charge in [-0.1, -0.05) is 13.0 Å². The minimum absolute atomic E-state index is 0.0408. The molecule has 0 radical (unpaired) electrons. The molecule has 2 aromatic rings. The molecule has 0 aliphatic carbocycles. The highest BCUT2D eigenvalue weighted by atomic mass is 79.9. The van der Waals surface area contributed by atoms with E-state index in [9.17, 15) is 0 Å². The first-order chi connectivity index (χ1) is 9.58. The molecular weight excluding hydrogens is 316 g/mol. The average Bonchev–Trinajstić information content (AvgIpc) is 2.75. The number of aryl methyl sites for hydroxylation is 3. The molecule has 20 heavy (non-hydrogen) atoms. The van der Waals surface area contributed by atoms with E-state index in [-0.39, 0.29) is 6.04 Å². The smallest absolute Gasteiger partial charge is 0.0933 e. The van der Waals surface area contributed by atoms with Crippen LogP contribution in [0.5, 0.6) is 0 Å². The second-order valence-electron chi connectivity index (χ2n) is 5.04. The van der Waals surface area contributed by atoms with Crippen LogP contribution in [0, 0.1) is 13.8 Å². The molecule has 2 rings (SSSR count). The fourth-order valence-corrected chi connectivity index (χ4v) is 3.01. The third kappa shape index (κ3) is 2.94. The highest BCUT2D eigenvalue weighted by Crippen LogP contribution is 2.29. The van der Waals surface area contributed by atoms with Crippen LogP contribution in [0.15, 0.2) is 22.9 Å². The molecule has 5 heteroatoms. The van der Waals surface area contributed by atoms with E-state index in [0.717, 1.165) is 28.8 Å². The van der Waals surface area contributed by atoms with Crippen molar-refractivity contribution in [2.24, 2.45) is 0 Å². The summed E-state index contributed by atoms with van der Waals surface area (Å²) in [5, 5.41) is 7.82. The van der Waals surface area contributed by atoms with Gasteiger partial charge in [0, 0.05) is 12.7 Å². The van der Waals surface area contributed by atoms with Crippen molar-refractivity contribution in [3.63, 3.8) is 0 Å². The number of nitrogens with zero attached hydrogens (tertiary/aromatic N) is 3. The van der Waals surface area contributed by atoms with E-state index in [1.54, 1.807) is 0 Å². The summed E-state index contributed by atoms with van der Waals surface area (Å²) in [6, 6.07) is 2.21. The molecule has 0 aliphatic heterocycles. The van der Waals surface area contributed by atoms with Gasteiger partial charge in [-0.2, -0.15) is 5.10 Å². The molecule has 0 spiro atoms. The van der Waals surface area contributed by atoms with E-state index in [1.807, 2.05) is 24.1 Å². The second-order valence-corrected chi connectivity index (χ2v) is 5.89. The Morgan fingerprint density at radius 1 is 1.35 bits per heavy atom. The third-order valence-corrected chi connectivity index (χ3v) is 3.97. The summed E-state index contributed by atoms with van der Waals surface area (Å²) in [5.74, 6) is 0. The maximum absolute atomic E-state index is 4.62. The van der Waals surface area contributed by atoms with E-state index in [0.29, 0.717) is 0 Å². The molecular formula is C15H21BrN4. The lowest BCUT2D eigenvalue weighted by Crippen LogP contribution is -2.24. The van der Waals surface area contributed by atoms with Crippen LogP contribution in [0.25, 0.3) is 0 Å². The lowest BCUT2D eigenvalue weighted by Gasteiger charge is -2.20. The zero-order chi connectivity index (χ0) is 14.7. The monoisotopic (exact) mass is 336 g/mol. The van der Waals surface area contributed by atoms with Crippen molar-refractivity contribution in [3.05, 3.63) is 45.4 Å². The van der Waals surface area contributed by atoms with Crippen molar-refractivity contribution < 1.29 is 0 Å². The molecule has 108 valence electrons. The van der Waals surface area contributed by atoms with Gasteiger partial charge in [0.15, 0.2) is 0 Å². The van der Waals surface area contributed by atoms with Gasteiger partial charge in [0.05, 0.1) is 28.1 Å². The Kier molecular flexibility index (Phi) is 4.94. The minimum Gasteiger partial charge on any atom is -0.307 e. The van der Waals surface area contributed by atoms with Crippen molar-refractivity contribution in [2.45, 2.75) is 39.8 Å². The Morgan fingerprint density at radius 2 is 2.10 bits per heavy atom.